The predicted octanol–water partition coefficient (Wildman–Crippen LogP) is 2.11. The van der Waals surface area contributed by atoms with Crippen LogP contribution in [0.25, 0.3) is 0 Å². The molecule has 104 valence electrons. The summed E-state index contributed by atoms with van der Waals surface area (Å²) < 4.78 is 0. The molecule has 0 aromatic heterocycles. The van der Waals surface area contributed by atoms with Crippen LogP contribution in [-0.2, 0) is 11.2 Å². The van der Waals surface area contributed by atoms with Crippen LogP contribution in [0.3, 0.4) is 0 Å². The molecular weight excluding hydrogens is 256 g/mol. The van der Waals surface area contributed by atoms with Gasteiger partial charge in [0.05, 0.1) is 6.42 Å². The molecule has 1 unspecified atom stereocenters. The highest BCUT2D eigenvalue weighted by Gasteiger charge is 2.27. The molecule has 1 aliphatic rings. The Hall–Kier alpha value is -1.00. The van der Waals surface area contributed by atoms with Crippen LogP contribution in [0.4, 0.5) is 0 Å². The van der Waals surface area contributed by atoms with E-state index in [1.165, 1.54) is 4.90 Å². The summed E-state index contributed by atoms with van der Waals surface area (Å²) >= 11 is 1.71. The van der Waals surface area contributed by atoms with Gasteiger partial charge in [-0.05, 0) is 38.4 Å². The minimum atomic E-state index is 0.255. The molecule has 2 rings (SSSR count). The van der Waals surface area contributed by atoms with Gasteiger partial charge in [-0.25, -0.2) is 0 Å². The molecule has 1 atom stereocenters. The lowest BCUT2D eigenvalue weighted by Gasteiger charge is -2.20. The maximum Gasteiger partial charge on any atom is 0.227 e. The van der Waals surface area contributed by atoms with Crippen molar-refractivity contribution in [3.05, 3.63) is 29.8 Å². The number of likely N-dealkylation sites (tertiary alicyclic amines) is 1. The lowest BCUT2D eigenvalue weighted by molar-refractivity contribution is -0.129. The van der Waals surface area contributed by atoms with Gasteiger partial charge in [-0.15, -0.1) is 11.8 Å². The number of thioether (sulfide) groups is 1. The molecule has 4 heteroatoms. The number of likely N-dealkylation sites (N-methyl/N-ethyl adjacent to an activating group) is 1. The summed E-state index contributed by atoms with van der Waals surface area (Å²) in [6, 6.07) is 8.69. The molecule has 1 aromatic carbocycles. The van der Waals surface area contributed by atoms with Gasteiger partial charge < -0.3 is 9.80 Å². The van der Waals surface area contributed by atoms with E-state index in [9.17, 15) is 4.79 Å². The van der Waals surface area contributed by atoms with Gasteiger partial charge in [0.1, 0.15) is 0 Å². The summed E-state index contributed by atoms with van der Waals surface area (Å²) in [7, 11) is 4.17. The molecule has 0 N–H and O–H groups in total. The molecule has 3 nitrogen and oxygen atoms in total. The van der Waals surface area contributed by atoms with E-state index in [0.717, 1.165) is 25.1 Å². The Balaban J connectivity index is 1.98. The van der Waals surface area contributed by atoms with Crippen LogP contribution in [0, 0.1) is 0 Å². The fraction of sp³-hybridized carbons (Fsp3) is 0.533. The zero-order valence-corrected chi connectivity index (χ0v) is 12.7. The van der Waals surface area contributed by atoms with Crippen molar-refractivity contribution in [3.8, 4) is 0 Å². The summed E-state index contributed by atoms with van der Waals surface area (Å²) in [5, 5.41) is 0. The van der Waals surface area contributed by atoms with Crippen LogP contribution in [0.15, 0.2) is 29.2 Å². The maximum absolute atomic E-state index is 12.3. The first-order valence-corrected chi connectivity index (χ1v) is 7.90. The number of carbonyl (C=O) groups is 1. The van der Waals surface area contributed by atoms with Crippen molar-refractivity contribution in [3.63, 3.8) is 0 Å². The van der Waals surface area contributed by atoms with Crippen molar-refractivity contribution >= 4 is 17.7 Å². The summed E-state index contributed by atoms with van der Waals surface area (Å²) in [5.41, 5.74) is 1.15. The van der Waals surface area contributed by atoms with Crippen molar-refractivity contribution in [1.29, 1.82) is 0 Å². The molecule has 1 fully saturated rings. The van der Waals surface area contributed by atoms with Crippen LogP contribution in [0.5, 0.6) is 0 Å². The second kappa shape index (κ2) is 6.44. The highest BCUT2D eigenvalue weighted by molar-refractivity contribution is 7.98. The molecule has 0 spiro atoms. The van der Waals surface area contributed by atoms with Gasteiger partial charge in [0.2, 0.25) is 5.91 Å². The first kappa shape index (κ1) is 14.4. The third kappa shape index (κ3) is 3.51. The zero-order chi connectivity index (χ0) is 13.8. The van der Waals surface area contributed by atoms with Gasteiger partial charge in [-0.3, -0.25) is 4.79 Å². The van der Waals surface area contributed by atoms with Gasteiger partial charge in [0.25, 0.3) is 0 Å². The molecule has 0 saturated carbocycles. The number of nitrogens with zero attached hydrogens (tertiary/aromatic N) is 2. The average molecular weight is 278 g/mol. The third-order valence-electron chi connectivity index (χ3n) is 3.78. The fourth-order valence-electron chi connectivity index (χ4n) is 2.51. The molecule has 0 bridgehead atoms. The van der Waals surface area contributed by atoms with Crippen molar-refractivity contribution in [2.45, 2.75) is 23.8 Å². The second-order valence-electron chi connectivity index (χ2n) is 5.23. The normalized spacial score (nSPS) is 19.2. The van der Waals surface area contributed by atoms with Crippen LogP contribution in [0.2, 0.25) is 0 Å². The monoisotopic (exact) mass is 278 g/mol. The highest BCUT2D eigenvalue weighted by atomic mass is 32.2. The van der Waals surface area contributed by atoms with E-state index in [0.29, 0.717) is 12.5 Å². The molecule has 1 amide bonds. The van der Waals surface area contributed by atoms with Gasteiger partial charge in [-0.2, -0.15) is 0 Å². The van der Waals surface area contributed by atoms with Gasteiger partial charge in [-0.1, -0.05) is 18.2 Å². The van der Waals surface area contributed by atoms with Gasteiger partial charge in [0, 0.05) is 24.0 Å². The average Bonchev–Trinajstić information content (AvgIpc) is 2.89. The summed E-state index contributed by atoms with van der Waals surface area (Å²) in [6.07, 6.45) is 3.67. The molecule has 0 aliphatic carbocycles. The lowest BCUT2D eigenvalue weighted by atomic mass is 10.1. The smallest absolute Gasteiger partial charge is 0.227 e. The standard InChI is InChI=1S/C15H22N2OS/c1-16(2)13-8-9-17(11-13)15(18)10-12-6-4-5-7-14(12)19-3/h4-7,13H,8-11H2,1-3H3. The maximum atomic E-state index is 12.3. The molecule has 19 heavy (non-hydrogen) atoms. The first-order chi connectivity index (χ1) is 9.11. The van der Waals surface area contributed by atoms with E-state index in [1.54, 1.807) is 11.8 Å². The number of carbonyl (C=O) groups excluding carboxylic acids is 1. The molecular formula is C15H22N2OS. The van der Waals surface area contributed by atoms with E-state index in [-0.39, 0.29) is 5.91 Å². The minimum Gasteiger partial charge on any atom is -0.341 e. The van der Waals surface area contributed by atoms with Crippen molar-refractivity contribution in [1.82, 2.24) is 9.80 Å². The molecule has 0 radical (unpaired) electrons. The fourth-order valence-corrected chi connectivity index (χ4v) is 3.13. The van der Waals surface area contributed by atoms with Crippen LogP contribution in [-0.4, -0.2) is 55.2 Å². The SMILES string of the molecule is CSc1ccccc1CC(=O)N1CCC(N(C)C)C1. The number of benzene rings is 1. The Labute approximate surface area is 120 Å². The Bertz CT molecular complexity index is 448. The summed E-state index contributed by atoms with van der Waals surface area (Å²) in [4.78, 5) is 17.8. The van der Waals surface area contributed by atoms with E-state index < -0.39 is 0 Å². The molecule has 1 aromatic rings. The largest absolute Gasteiger partial charge is 0.341 e. The number of amides is 1. The number of hydrogen-bond donors (Lipinski definition) is 0. The van der Waals surface area contributed by atoms with Crippen LogP contribution < -0.4 is 0 Å². The quantitative estimate of drug-likeness (QED) is 0.788. The number of rotatable bonds is 4. The topological polar surface area (TPSA) is 23.6 Å². The van der Waals surface area contributed by atoms with Gasteiger partial charge >= 0.3 is 0 Å². The Morgan fingerprint density at radius 3 is 2.79 bits per heavy atom. The Kier molecular flexibility index (Phi) is 4.88. The number of hydrogen-bond acceptors (Lipinski definition) is 3. The lowest BCUT2D eigenvalue weighted by Crippen LogP contribution is -2.35. The van der Waals surface area contributed by atoms with E-state index in [4.69, 9.17) is 0 Å². The van der Waals surface area contributed by atoms with Crippen molar-refractivity contribution < 1.29 is 4.79 Å². The third-order valence-corrected chi connectivity index (χ3v) is 4.62. The van der Waals surface area contributed by atoms with E-state index in [2.05, 4.69) is 37.4 Å². The molecule has 1 aliphatic heterocycles. The summed E-state index contributed by atoms with van der Waals surface area (Å²) in [5.74, 6) is 0.255. The first-order valence-electron chi connectivity index (χ1n) is 6.68. The highest BCUT2D eigenvalue weighted by Crippen LogP contribution is 2.22. The van der Waals surface area contributed by atoms with Crippen molar-refractivity contribution in [2.24, 2.45) is 0 Å². The van der Waals surface area contributed by atoms with Crippen LogP contribution in [0.1, 0.15) is 12.0 Å². The summed E-state index contributed by atoms with van der Waals surface area (Å²) in [6.45, 7) is 1.76. The van der Waals surface area contributed by atoms with E-state index in [1.807, 2.05) is 17.0 Å². The second-order valence-corrected chi connectivity index (χ2v) is 6.08. The van der Waals surface area contributed by atoms with E-state index >= 15 is 0 Å². The van der Waals surface area contributed by atoms with Crippen molar-refractivity contribution in [2.75, 3.05) is 33.4 Å². The molecule has 1 heterocycles. The zero-order valence-electron chi connectivity index (χ0n) is 11.9. The predicted molar refractivity (Wildman–Crippen MR) is 80.6 cm³/mol. The van der Waals surface area contributed by atoms with Gasteiger partial charge in [0.15, 0.2) is 0 Å². The Morgan fingerprint density at radius 2 is 2.16 bits per heavy atom. The molecule has 1 saturated heterocycles. The minimum absolute atomic E-state index is 0.255. The Morgan fingerprint density at radius 1 is 1.42 bits per heavy atom. The van der Waals surface area contributed by atoms with Crippen LogP contribution >= 0.6 is 11.8 Å².